The third-order valence-corrected chi connectivity index (χ3v) is 4.74. The SMILES string of the molecule is CC(C)(C)OC(=O)N(C(=O)OC(C)(C)C)c1nc(/C=N/[S@@](=O)C(C)(C)C)c(Cl)cc1F. The Bertz CT molecular complexity index is 874. The van der Waals surface area contributed by atoms with Crippen LogP contribution in [-0.4, -0.2) is 43.5 Å². The van der Waals surface area contributed by atoms with Gasteiger partial charge in [0.25, 0.3) is 0 Å². The molecule has 0 N–H and O–H groups in total. The minimum atomic E-state index is -1.63. The highest BCUT2D eigenvalue weighted by Gasteiger charge is 2.36. The summed E-state index contributed by atoms with van der Waals surface area (Å²) in [5, 5.41) is -0.149. The summed E-state index contributed by atoms with van der Waals surface area (Å²) in [5.41, 5.74) is -2.05. The van der Waals surface area contributed by atoms with Crippen LogP contribution in [0.3, 0.4) is 0 Å². The lowest BCUT2D eigenvalue weighted by atomic mass is 10.2. The number of pyridine rings is 1. The normalized spacial score (nSPS) is 13.8. The minimum Gasteiger partial charge on any atom is -0.443 e. The first-order valence-corrected chi connectivity index (χ1v) is 10.9. The van der Waals surface area contributed by atoms with Crippen molar-refractivity contribution in [2.75, 3.05) is 4.90 Å². The first-order valence-electron chi connectivity index (χ1n) is 9.40. The van der Waals surface area contributed by atoms with Crippen LogP contribution in [0, 0.1) is 5.82 Å². The molecule has 0 aliphatic rings. The van der Waals surface area contributed by atoms with Crippen LogP contribution < -0.4 is 4.90 Å². The van der Waals surface area contributed by atoms with Crippen molar-refractivity contribution in [2.45, 2.75) is 78.3 Å². The second kappa shape index (κ2) is 9.60. The first kappa shape index (κ1) is 27.0. The number of anilines is 1. The maximum absolute atomic E-state index is 14.7. The molecule has 0 aliphatic carbocycles. The van der Waals surface area contributed by atoms with Crippen LogP contribution in [0.4, 0.5) is 19.8 Å². The van der Waals surface area contributed by atoms with Gasteiger partial charge in [-0.15, -0.1) is 0 Å². The van der Waals surface area contributed by atoms with Crippen molar-refractivity contribution in [1.29, 1.82) is 0 Å². The second-order valence-corrected chi connectivity index (χ2v) is 11.9. The Kier molecular flexibility index (Phi) is 8.35. The molecule has 174 valence electrons. The summed E-state index contributed by atoms with van der Waals surface area (Å²) >= 11 is 6.03. The van der Waals surface area contributed by atoms with Gasteiger partial charge in [0.2, 0.25) is 0 Å². The molecule has 0 saturated heterocycles. The molecule has 1 heterocycles. The standard InChI is InChI=1S/C20H29ClFN3O5S/c1-18(2,3)29-16(26)25(17(27)30-19(4,5)6)15-13(22)10-12(21)14(24-15)11-23-31(28)20(7,8)9/h10-11H,1-9H3/b23-11+/t31-/m0/s1. The number of ether oxygens (including phenoxy) is 2. The summed E-state index contributed by atoms with van der Waals surface area (Å²) in [6.07, 6.45) is -1.28. The van der Waals surface area contributed by atoms with Gasteiger partial charge in [0, 0.05) is 0 Å². The molecule has 31 heavy (non-hydrogen) atoms. The van der Waals surface area contributed by atoms with E-state index in [0.29, 0.717) is 4.90 Å². The number of imide groups is 1. The molecule has 0 aliphatic heterocycles. The number of aromatic nitrogens is 1. The van der Waals surface area contributed by atoms with Gasteiger partial charge in [-0.3, -0.25) is 0 Å². The zero-order valence-corrected chi connectivity index (χ0v) is 20.8. The number of nitrogens with zero attached hydrogens (tertiary/aromatic N) is 3. The molecule has 0 radical (unpaired) electrons. The molecule has 1 aromatic heterocycles. The van der Waals surface area contributed by atoms with E-state index in [1.165, 1.54) is 0 Å². The van der Waals surface area contributed by atoms with E-state index in [1.54, 1.807) is 62.3 Å². The maximum atomic E-state index is 14.7. The number of hydrogen-bond donors (Lipinski definition) is 0. The average Bonchev–Trinajstić information content (AvgIpc) is 2.51. The molecular formula is C20H29ClFN3O5S. The first-order chi connectivity index (χ1) is 13.8. The highest BCUT2D eigenvalue weighted by atomic mass is 35.5. The number of hydrogen-bond acceptors (Lipinski definition) is 6. The van der Waals surface area contributed by atoms with Crippen molar-refractivity contribution in [3.63, 3.8) is 0 Å². The fourth-order valence-corrected chi connectivity index (χ4v) is 2.54. The summed E-state index contributed by atoms with van der Waals surface area (Å²) in [4.78, 5) is 29.7. The fourth-order valence-electron chi connectivity index (χ4n) is 1.84. The molecule has 0 bridgehead atoms. The molecule has 0 aromatic carbocycles. The third-order valence-electron chi connectivity index (χ3n) is 3.10. The van der Waals surface area contributed by atoms with Crippen LogP contribution >= 0.6 is 11.6 Å². The van der Waals surface area contributed by atoms with Gasteiger partial charge in [0.15, 0.2) is 11.6 Å². The summed E-state index contributed by atoms with van der Waals surface area (Å²) < 4.78 is 40.6. The van der Waals surface area contributed by atoms with E-state index < -0.39 is 50.8 Å². The van der Waals surface area contributed by atoms with Crippen molar-refractivity contribution in [2.24, 2.45) is 4.40 Å². The molecule has 0 spiro atoms. The van der Waals surface area contributed by atoms with Gasteiger partial charge in [-0.05, 0) is 68.4 Å². The Hall–Kier alpha value is -2.07. The van der Waals surface area contributed by atoms with Crippen LogP contribution in [0.5, 0.6) is 0 Å². The van der Waals surface area contributed by atoms with E-state index in [1.807, 2.05) is 0 Å². The van der Waals surface area contributed by atoms with E-state index in [4.69, 9.17) is 21.1 Å². The minimum absolute atomic E-state index is 0.0900. The lowest BCUT2D eigenvalue weighted by Gasteiger charge is -2.28. The summed E-state index contributed by atoms with van der Waals surface area (Å²) in [5.74, 6) is -1.74. The van der Waals surface area contributed by atoms with Gasteiger partial charge in [0.05, 0.1) is 16.0 Å². The average molecular weight is 478 g/mol. The summed E-state index contributed by atoms with van der Waals surface area (Å²) in [7, 11) is -1.63. The van der Waals surface area contributed by atoms with E-state index in [2.05, 4.69) is 9.38 Å². The van der Waals surface area contributed by atoms with Crippen molar-refractivity contribution in [1.82, 2.24) is 4.98 Å². The highest BCUT2D eigenvalue weighted by molar-refractivity contribution is 7.85. The zero-order chi connectivity index (χ0) is 24.4. The monoisotopic (exact) mass is 477 g/mol. The number of carbonyl (C=O) groups is 2. The van der Waals surface area contributed by atoms with Crippen LogP contribution in [0.1, 0.15) is 68.0 Å². The molecule has 1 aromatic rings. The Morgan fingerprint density at radius 3 is 1.90 bits per heavy atom. The van der Waals surface area contributed by atoms with E-state index in [9.17, 15) is 18.2 Å². The number of carbonyl (C=O) groups excluding carboxylic acids is 2. The molecular weight excluding hydrogens is 449 g/mol. The van der Waals surface area contributed by atoms with Crippen LogP contribution in [0.15, 0.2) is 10.5 Å². The lowest BCUT2D eigenvalue weighted by Crippen LogP contribution is -2.44. The number of amides is 2. The van der Waals surface area contributed by atoms with Crippen molar-refractivity contribution in [3.05, 3.63) is 22.6 Å². The molecule has 1 rings (SSSR count). The maximum Gasteiger partial charge on any atom is 0.425 e. The highest BCUT2D eigenvalue weighted by Crippen LogP contribution is 2.26. The molecule has 2 amide bonds. The van der Waals surface area contributed by atoms with Crippen molar-refractivity contribution in [3.8, 4) is 0 Å². The summed E-state index contributed by atoms with van der Waals surface area (Å²) in [6, 6.07) is 0.868. The van der Waals surface area contributed by atoms with Gasteiger partial charge in [-0.25, -0.2) is 23.2 Å². The predicted octanol–water partition coefficient (Wildman–Crippen LogP) is 5.43. The van der Waals surface area contributed by atoms with Gasteiger partial charge >= 0.3 is 12.2 Å². The number of halogens is 2. The predicted molar refractivity (Wildman–Crippen MR) is 120 cm³/mol. The fraction of sp³-hybridized carbons (Fsp3) is 0.600. The Balaban J connectivity index is 3.53. The number of rotatable bonds is 3. The van der Waals surface area contributed by atoms with Crippen LogP contribution in [0.25, 0.3) is 0 Å². The zero-order valence-electron chi connectivity index (χ0n) is 19.2. The van der Waals surface area contributed by atoms with E-state index in [0.717, 1.165) is 12.3 Å². The van der Waals surface area contributed by atoms with E-state index >= 15 is 0 Å². The third kappa shape index (κ3) is 8.53. The Morgan fingerprint density at radius 1 is 1.06 bits per heavy atom. The van der Waals surface area contributed by atoms with Gasteiger partial charge < -0.3 is 9.47 Å². The molecule has 0 fully saturated rings. The molecule has 0 saturated carbocycles. The molecule has 11 heteroatoms. The quantitative estimate of drug-likeness (QED) is 0.538. The summed E-state index contributed by atoms with van der Waals surface area (Å²) in [6.45, 7) is 14.7. The molecule has 1 atom stereocenters. The van der Waals surface area contributed by atoms with Gasteiger partial charge in [0.1, 0.15) is 27.9 Å². The Labute approximate surface area is 189 Å². The van der Waals surface area contributed by atoms with Crippen LogP contribution in [-0.2, 0) is 20.5 Å². The van der Waals surface area contributed by atoms with Gasteiger partial charge in [-0.1, -0.05) is 11.6 Å². The topological polar surface area (TPSA) is 98.2 Å². The molecule has 0 unspecified atom stereocenters. The van der Waals surface area contributed by atoms with Crippen molar-refractivity contribution < 1.29 is 27.7 Å². The largest absolute Gasteiger partial charge is 0.443 e. The van der Waals surface area contributed by atoms with Gasteiger partial charge in [-0.2, -0.15) is 9.30 Å². The smallest absolute Gasteiger partial charge is 0.425 e. The Morgan fingerprint density at radius 2 is 1.52 bits per heavy atom. The lowest BCUT2D eigenvalue weighted by molar-refractivity contribution is 0.0427. The van der Waals surface area contributed by atoms with E-state index in [-0.39, 0.29) is 10.7 Å². The van der Waals surface area contributed by atoms with Crippen molar-refractivity contribution >= 4 is 46.8 Å². The molecule has 8 nitrogen and oxygen atoms in total. The second-order valence-electron chi connectivity index (χ2n) is 9.55. The van der Waals surface area contributed by atoms with Crippen LogP contribution in [0.2, 0.25) is 5.02 Å².